The number of ether oxygens (including phenoxy) is 1. The van der Waals surface area contributed by atoms with Crippen LogP contribution in [0.3, 0.4) is 0 Å². The summed E-state index contributed by atoms with van der Waals surface area (Å²) in [6, 6.07) is 13.3. The molecule has 0 aromatic heterocycles. The number of amides is 1. The predicted octanol–water partition coefficient (Wildman–Crippen LogP) is 2.17. The number of carbonyl (C=O) groups is 1. The molecule has 2 rings (SSSR count). The minimum atomic E-state index is -0.416. The van der Waals surface area contributed by atoms with E-state index in [4.69, 9.17) is 16.2 Å². The topological polar surface area (TPSA) is 78.3 Å². The van der Waals surface area contributed by atoms with Crippen molar-refractivity contribution in [1.82, 2.24) is 0 Å². The molecular formula is C17H20N2O2. The second kappa shape index (κ2) is 6.90. The van der Waals surface area contributed by atoms with Crippen molar-refractivity contribution in [1.29, 1.82) is 0 Å². The lowest BCUT2D eigenvalue weighted by Crippen LogP contribution is -2.11. The van der Waals surface area contributed by atoms with Crippen LogP contribution in [0.2, 0.25) is 0 Å². The fraction of sp³-hybridized carbons (Fsp3) is 0.235. The number of hydrogen-bond acceptors (Lipinski definition) is 3. The van der Waals surface area contributed by atoms with Gasteiger partial charge in [-0.3, -0.25) is 4.79 Å². The van der Waals surface area contributed by atoms with Crippen LogP contribution in [-0.2, 0) is 13.0 Å². The fourth-order valence-electron chi connectivity index (χ4n) is 2.09. The van der Waals surface area contributed by atoms with Gasteiger partial charge in [-0.15, -0.1) is 0 Å². The summed E-state index contributed by atoms with van der Waals surface area (Å²) in [5, 5.41) is 0. The molecule has 4 N–H and O–H groups in total. The molecule has 0 aliphatic heterocycles. The number of primary amides is 1. The molecule has 2 aromatic rings. The zero-order valence-corrected chi connectivity index (χ0v) is 12.1. The van der Waals surface area contributed by atoms with Gasteiger partial charge in [0.25, 0.3) is 0 Å². The van der Waals surface area contributed by atoms with Gasteiger partial charge in [0, 0.05) is 5.56 Å². The number of rotatable bonds is 6. The van der Waals surface area contributed by atoms with Gasteiger partial charge < -0.3 is 16.2 Å². The quantitative estimate of drug-likeness (QED) is 0.853. The first-order valence-corrected chi connectivity index (χ1v) is 6.91. The predicted molar refractivity (Wildman–Crippen MR) is 83.2 cm³/mol. The molecule has 0 fully saturated rings. The number of hydrogen-bond donors (Lipinski definition) is 2. The summed E-state index contributed by atoms with van der Waals surface area (Å²) in [5.74, 6) is 0.398. The van der Waals surface area contributed by atoms with Crippen molar-refractivity contribution in [2.24, 2.45) is 11.5 Å². The van der Waals surface area contributed by atoms with Crippen LogP contribution in [0.15, 0.2) is 42.5 Å². The monoisotopic (exact) mass is 284 g/mol. The standard InChI is InChI=1S/C17H20N2O2/c1-12-10-14(17(19)20)4-5-15(12)11-21-16-6-2-13(3-7-16)8-9-18/h2-7,10H,8-9,11,18H2,1H3,(H2,19,20). The zero-order valence-electron chi connectivity index (χ0n) is 12.1. The summed E-state index contributed by atoms with van der Waals surface area (Å²) in [6.07, 6.45) is 0.869. The van der Waals surface area contributed by atoms with Crippen LogP contribution in [0.5, 0.6) is 5.75 Å². The molecule has 0 saturated carbocycles. The van der Waals surface area contributed by atoms with E-state index in [2.05, 4.69) is 0 Å². The Morgan fingerprint density at radius 1 is 1.14 bits per heavy atom. The Morgan fingerprint density at radius 2 is 1.86 bits per heavy atom. The summed E-state index contributed by atoms with van der Waals surface area (Å²) in [4.78, 5) is 11.1. The van der Waals surface area contributed by atoms with Crippen LogP contribution in [0.1, 0.15) is 27.0 Å². The van der Waals surface area contributed by atoms with Crippen LogP contribution in [-0.4, -0.2) is 12.5 Å². The molecule has 0 radical (unpaired) electrons. The Balaban J connectivity index is 2.01. The minimum Gasteiger partial charge on any atom is -0.489 e. The number of nitrogens with two attached hydrogens (primary N) is 2. The fourth-order valence-corrected chi connectivity index (χ4v) is 2.09. The summed E-state index contributed by atoms with van der Waals surface area (Å²) in [6.45, 7) is 3.04. The van der Waals surface area contributed by atoms with E-state index in [9.17, 15) is 4.79 Å². The van der Waals surface area contributed by atoms with E-state index in [-0.39, 0.29) is 0 Å². The van der Waals surface area contributed by atoms with Crippen LogP contribution in [0, 0.1) is 6.92 Å². The van der Waals surface area contributed by atoms with Crippen molar-refractivity contribution in [3.05, 3.63) is 64.7 Å². The van der Waals surface area contributed by atoms with E-state index in [1.165, 1.54) is 5.56 Å². The maximum atomic E-state index is 11.1. The first-order valence-electron chi connectivity index (χ1n) is 6.91. The van der Waals surface area contributed by atoms with Crippen molar-refractivity contribution in [3.8, 4) is 5.75 Å². The van der Waals surface area contributed by atoms with Gasteiger partial charge in [0.15, 0.2) is 0 Å². The molecule has 110 valence electrons. The molecular weight excluding hydrogens is 264 g/mol. The molecule has 0 bridgehead atoms. The molecule has 0 aliphatic rings. The maximum absolute atomic E-state index is 11.1. The molecule has 4 nitrogen and oxygen atoms in total. The van der Waals surface area contributed by atoms with Crippen molar-refractivity contribution in [3.63, 3.8) is 0 Å². The third-order valence-corrected chi connectivity index (χ3v) is 3.38. The van der Waals surface area contributed by atoms with Crippen molar-refractivity contribution < 1.29 is 9.53 Å². The minimum absolute atomic E-state index is 0.416. The van der Waals surface area contributed by atoms with E-state index >= 15 is 0 Å². The second-order valence-corrected chi connectivity index (χ2v) is 4.98. The molecule has 4 heteroatoms. The third kappa shape index (κ3) is 4.07. The second-order valence-electron chi connectivity index (χ2n) is 4.98. The average Bonchev–Trinajstić information content (AvgIpc) is 2.47. The number of aryl methyl sites for hydroxylation is 1. The van der Waals surface area contributed by atoms with E-state index in [0.717, 1.165) is 23.3 Å². The smallest absolute Gasteiger partial charge is 0.248 e. The zero-order chi connectivity index (χ0) is 15.2. The van der Waals surface area contributed by atoms with Gasteiger partial charge in [0.05, 0.1) is 0 Å². The Hall–Kier alpha value is -2.33. The van der Waals surface area contributed by atoms with Gasteiger partial charge in [-0.2, -0.15) is 0 Å². The molecule has 0 atom stereocenters. The van der Waals surface area contributed by atoms with Crippen LogP contribution in [0.4, 0.5) is 0 Å². The van der Waals surface area contributed by atoms with Gasteiger partial charge >= 0.3 is 0 Å². The third-order valence-electron chi connectivity index (χ3n) is 3.38. The average molecular weight is 284 g/mol. The highest BCUT2D eigenvalue weighted by molar-refractivity contribution is 5.93. The molecule has 1 amide bonds. The lowest BCUT2D eigenvalue weighted by Gasteiger charge is -2.10. The first-order chi connectivity index (χ1) is 10.1. The van der Waals surface area contributed by atoms with Gasteiger partial charge in [-0.1, -0.05) is 18.2 Å². The summed E-state index contributed by atoms with van der Waals surface area (Å²) in [7, 11) is 0. The van der Waals surface area contributed by atoms with E-state index in [0.29, 0.717) is 18.7 Å². The van der Waals surface area contributed by atoms with Gasteiger partial charge in [0.2, 0.25) is 5.91 Å². The lowest BCUT2D eigenvalue weighted by atomic mass is 10.1. The van der Waals surface area contributed by atoms with E-state index in [1.807, 2.05) is 37.3 Å². The van der Waals surface area contributed by atoms with Crippen LogP contribution < -0.4 is 16.2 Å². The molecule has 0 heterocycles. The maximum Gasteiger partial charge on any atom is 0.248 e. The largest absolute Gasteiger partial charge is 0.489 e. The lowest BCUT2D eigenvalue weighted by molar-refractivity contribution is 0.1000. The van der Waals surface area contributed by atoms with Gasteiger partial charge in [-0.05, 0) is 60.8 Å². The van der Waals surface area contributed by atoms with E-state index < -0.39 is 5.91 Å². The van der Waals surface area contributed by atoms with Crippen molar-refractivity contribution in [2.45, 2.75) is 20.0 Å². The summed E-state index contributed by atoms with van der Waals surface area (Å²) in [5.41, 5.74) is 14.5. The molecule has 0 unspecified atom stereocenters. The SMILES string of the molecule is Cc1cc(C(N)=O)ccc1COc1ccc(CCN)cc1. The van der Waals surface area contributed by atoms with E-state index in [1.54, 1.807) is 12.1 Å². The Labute approximate surface area is 124 Å². The van der Waals surface area contributed by atoms with Crippen molar-refractivity contribution >= 4 is 5.91 Å². The normalized spacial score (nSPS) is 10.4. The number of benzene rings is 2. The molecule has 0 saturated heterocycles. The highest BCUT2D eigenvalue weighted by Gasteiger charge is 2.05. The molecule has 21 heavy (non-hydrogen) atoms. The Kier molecular flexibility index (Phi) is 4.95. The van der Waals surface area contributed by atoms with Gasteiger partial charge in [-0.25, -0.2) is 0 Å². The van der Waals surface area contributed by atoms with Crippen LogP contribution in [0.25, 0.3) is 0 Å². The van der Waals surface area contributed by atoms with Crippen LogP contribution >= 0.6 is 0 Å². The van der Waals surface area contributed by atoms with Crippen molar-refractivity contribution in [2.75, 3.05) is 6.54 Å². The summed E-state index contributed by atoms with van der Waals surface area (Å²) < 4.78 is 5.76. The molecule has 0 spiro atoms. The molecule has 0 aliphatic carbocycles. The molecule has 2 aromatic carbocycles. The van der Waals surface area contributed by atoms with Gasteiger partial charge in [0.1, 0.15) is 12.4 Å². The first kappa shape index (κ1) is 15.1. The highest BCUT2D eigenvalue weighted by atomic mass is 16.5. The summed E-state index contributed by atoms with van der Waals surface area (Å²) >= 11 is 0. The highest BCUT2D eigenvalue weighted by Crippen LogP contribution is 2.17. The Bertz CT molecular complexity index is 621. The number of carbonyl (C=O) groups excluding carboxylic acids is 1. The Morgan fingerprint density at radius 3 is 2.43 bits per heavy atom.